The highest BCUT2D eigenvalue weighted by molar-refractivity contribution is 6.30. The number of hydrogen-bond donors (Lipinski definition) is 2. The summed E-state index contributed by atoms with van der Waals surface area (Å²) in [7, 11) is 1.85. The van der Waals surface area contributed by atoms with Gasteiger partial charge in [0.25, 0.3) is 5.91 Å². The fourth-order valence-corrected chi connectivity index (χ4v) is 3.54. The lowest BCUT2D eigenvalue weighted by Crippen LogP contribution is -2.45. The second-order valence-electron chi connectivity index (χ2n) is 7.56. The Labute approximate surface area is 196 Å². The molecule has 1 unspecified atom stereocenters. The number of rotatable bonds is 7. The van der Waals surface area contributed by atoms with E-state index in [1.165, 1.54) is 0 Å². The van der Waals surface area contributed by atoms with Gasteiger partial charge in [0.1, 0.15) is 12.4 Å². The van der Waals surface area contributed by atoms with Crippen LogP contribution < -0.4 is 10.6 Å². The molecule has 0 spiro atoms. The molecule has 0 saturated heterocycles. The molecule has 2 amide bonds. The molecule has 0 radical (unpaired) electrons. The monoisotopic (exact) mass is 459 g/mol. The Hall–Kier alpha value is -3.97. The zero-order valence-electron chi connectivity index (χ0n) is 17.9. The molecule has 4 rings (SSSR count). The molecule has 7 nitrogen and oxygen atoms in total. The van der Waals surface area contributed by atoms with Crippen molar-refractivity contribution in [1.29, 1.82) is 0 Å². The van der Waals surface area contributed by atoms with Gasteiger partial charge in [-0.15, -0.1) is 10.2 Å². The Morgan fingerprint density at radius 2 is 1.76 bits per heavy atom. The van der Waals surface area contributed by atoms with Crippen molar-refractivity contribution in [3.8, 4) is 11.4 Å². The van der Waals surface area contributed by atoms with Crippen LogP contribution in [-0.4, -0.2) is 32.6 Å². The maximum absolute atomic E-state index is 13.2. The van der Waals surface area contributed by atoms with Crippen LogP contribution in [0.25, 0.3) is 11.4 Å². The van der Waals surface area contributed by atoms with Crippen LogP contribution in [0.4, 0.5) is 5.69 Å². The Morgan fingerprint density at radius 1 is 1.00 bits per heavy atom. The highest BCUT2D eigenvalue weighted by Crippen LogP contribution is 2.20. The molecule has 0 aliphatic heterocycles. The summed E-state index contributed by atoms with van der Waals surface area (Å²) in [4.78, 5) is 26.0. The van der Waals surface area contributed by atoms with E-state index in [0.717, 1.165) is 11.1 Å². The molecule has 0 saturated carbocycles. The Morgan fingerprint density at radius 3 is 2.45 bits per heavy atom. The van der Waals surface area contributed by atoms with Gasteiger partial charge >= 0.3 is 0 Å². The lowest BCUT2D eigenvalue weighted by Gasteiger charge is -2.19. The van der Waals surface area contributed by atoms with Crippen molar-refractivity contribution in [3.05, 3.63) is 101 Å². The Bertz CT molecular complexity index is 1260. The molecular weight excluding hydrogens is 438 g/mol. The fraction of sp³-hybridized carbons (Fsp3) is 0.120. The number of aryl methyl sites for hydroxylation is 1. The number of hydrogen-bond acceptors (Lipinski definition) is 4. The van der Waals surface area contributed by atoms with Crippen LogP contribution in [0, 0.1) is 0 Å². The van der Waals surface area contributed by atoms with Gasteiger partial charge in [-0.2, -0.15) is 0 Å². The molecule has 3 aromatic carbocycles. The summed E-state index contributed by atoms with van der Waals surface area (Å²) in [6.07, 6.45) is 1.96. The van der Waals surface area contributed by atoms with Crippen molar-refractivity contribution >= 4 is 29.1 Å². The number of carbonyl (C=O) groups excluding carboxylic acids is 2. The quantitative estimate of drug-likeness (QED) is 0.435. The van der Waals surface area contributed by atoms with Crippen LogP contribution in [0.2, 0.25) is 5.02 Å². The van der Waals surface area contributed by atoms with Crippen molar-refractivity contribution in [2.75, 3.05) is 5.32 Å². The predicted molar refractivity (Wildman–Crippen MR) is 128 cm³/mol. The van der Waals surface area contributed by atoms with Crippen molar-refractivity contribution in [3.63, 3.8) is 0 Å². The molecule has 2 N–H and O–H groups in total. The van der Waals surface area contributed by atoms with Crippen LogP contribution in [0.5, 0.6) is 0 Å². The number of carbonyl (C=O) groups is 2. The van der Waals surface area contributed by atoms with E-state index in [0.29, 0.717) is 28.5 Å². The third-order valence-electron chi connectivity index (χ3n) is 5.11. The molecule has 0 fully saturated rings. The van der Waals surface area contributed by atoms with Gasteiger partial charge in [-0.1, -0.05) is 54.1 Å². The first kappa shape index (κ1) is 22.2. The predicted octanol–water partition coefficient (Wildman–Crippen LogP) is 4.12. The molecule has 0 bridgehead atoms. The molecule has 1 aromatic heterocycles. The van der Waals surface area contributed by atoms with E-state index in [-0.39, 0.29) is 11.8 Å². The van der Waals surface area contributed by atoms with Gasteiger partial charge in [-0.05, 0) is 42.0 Å². The first-order chi connectivity index (χ1) is 16.0. The highest BCUT2D eigenvalue weighted by Gasteiger charge is 2.22. The summed E-state index contributed by atoms with van der Waals surface area (Å²) in [5, 5.41) is 14.3. The van der Waals surface area contributed by atoms with E-state index in [9.17, 15) is 9.59 Å². The molecule has 0 aliphatic carbocycles. The number of nitrogens with one attached hydrogen (secondary N) is 2. The minimum Gasteiger partial charge on any atom is -0.340 e. The number of benzene rings is 3. The van der Waals surface area contributed by atoms with Crippen LogP contribution in [0.1, 0.15) is 15.9 Å². The third kappa shape index (κ3) is 5.64. The zero-order valence-corrected chi connectivity index (χ0v) is 18.7. The van der Waals surface area contributed by atoms with Gasteiger partial charge in [0.2, 0.25) is 5.91 Å². The number of anilines is 1. The van der Waals surface area contributed by atoms with Gasteiger partial charge < -0.3 is 15.2 Å². The van der Waals surface area contributed by atoms with Gasteiger partial charge in [-0.25, -0.2) is 0 Å². The van der Waals surface area contributed by atoms with E-state index in [4.69, 9.17) is 11.6 Å². The molecule has 4 aromatic rings. The summed E-state index contributed by atoms with van der Waals surface area (Å²) in [5.41, 5.74) is 2.77. The third-order valence-corrected chi connectivity index (χ3v) is 5.36. The average Bonchev–Trinajstić information content (AvgIpc) is 3.25. The van der Waals surface area contributed by atoms with E-state index < -0.39 is 6.04 Å². The number of amides is 2. The van der Waals surface area contributed by atoms with Crippen LogP contribution in [0.15, 0.2) is 85.2 Å². The van der Waals surface area contributed by atoms with E-state index in [2.05, 4.69) is 20.8 Å². The molecule has 1 heterocycles. The van der Waals surface area contributed by atoms with Gasteiger partial charge in [0, 0.05) is 35.3 Å². The van der Waals surface area contributed by atoms with Crippen molar-refractivity contribution in [2.45, 2.75) is 12.5 Å². The Kier molecular flexibility index (Phi) is 6.80. The van der Waals surface area contributed by atoms with E-state index >= 15 is 0 Å². The van der Waals surface area contributed by atoms with E-state index in [1.54, 1.807) is 41.2 Å². The minimum absolute atomic E-state index is 0.323. The lowest BCUT2D eigenvalue weighted by molar-refractivity contribution is -0.118. The number of halogens is 1. The van der Waals surface area contributed by atoms with Gasteiger partial charge in [-0.3, -0.25) is 9.59 Å². The average molecular weight is 460 g/mol. The second kappa shape index (κ2) is 10.1. The minimum atomic E-state index is -0.783. The summed E-state index contributed by atoms with van der Waals surface area (Å²) < 4.78 is 1.80. The van der Waals surface area contributed by atoms with Crippen LogP contribution >= 0.6 is 11.6 Å². The molecule has 0 aliphatic rings. The van der Waals surface area contributed by atoms with Crippen molar-refractivity contribution in [2.24, 2.45) is 7.05 Å². The molecule has 166 valence electrons. The van der Waals surface area contributed by atoms with Crippen molar-refractivity contribution in [1.82, 2.24) is 20.1 Å². The fourth-order valence-electron chi connectivity index (χ4n) is 3.41. The first-order valence-corrected chi connectivity index (χ1v) is 10.7. The van der Waals surface area contributed by atoms with Crippen LogP contribution in [-0.2, 0) is 18.3 Å². The highest BCUT2D eigenvalue weighted by atomic mass is 35.5. The normalized spacial score (nSPS) is 11.6. The van der Waals surface area contributed by atoms with E-state index in [1.807, 2.05) is 55.6 Å². The van der Waals surface area contributed by atoms with Crippen LogP contribution in [0.3, 0.4) is 0 Å². The summed E-state index contributed by atoms with van der Waals surface area (Å²) in [5.74, 6) is 0.00911. The topological polar surface area (TPSA) is 88.9 Å². The lowest BCUT2D eigenvalue weighted by atomic mass is 10.0. The maximum Gasteiger partial charge on any atom is 0.251 e. The molecular formula is C25H22ClN5O2. The summed E-state index contributed by atoms with van der Waals surface area (Å²) in [6.45, 7) is 0. The number of aromatic nitrogens is 3. The smallest absolute Gasteiger partial charge is 0.251 e. The largest absolute Gasteiger partial charge is 0.340 e. The zero-order chi connectivity index (χ0) is 23.2. The first-order valence-electron chi connectivity index (χ1n) is 10.4. The Balaban J connectivity index is 1.54. The van der Waals surface area contributed by atoms with Gasteiger partial charge in [0.15, 0.2) is 5.82 Å². The SMILES string of the molecule is Cn1cnnc1-c1cccc(NC(=O)C(Cc2ccccc2)NC(=O)c2ccc(Cl)cc2)c1. The number of nitrogens with zero attached hydrogens (tertiary/aromatic N) is 3. The second-order valence-corrected chi connectivity index (χ2v) is 7.99. The molecule has 33 heavy (non-hydrogen) atoms. The molecule has 1 atom stereocenters. The standard InChI is InChI=1S/C25H22ClN5O2/c1-31-16-27-30-23(31)19-8-5-9-21(15-19)28-25(33)22(14-17-6-3-2-4-7-17)29-24(32)18-10-12-20(26)13-11-18/h2-13,15-16,22H,14H2,1H3,(H,28,33)(H,29,32). The maximum atomic E-state index is 13.2. The summed E-state index contributed by atoms with van der Waals surface area (Å²) in [6, 6.07) is 22.6. The van der Waals surface area contributed by atoms with Gasteiger partial charge in [0.05, 0.1) is 0 Å². The molecule has 8 heteroatoms. The van der Waals surface area contributed by atoms with Crippen molar-refractivity contribution < 1.29 is 9.59 Å². The summed E-state index contributed by atoms with van der Waals surface area (Å²) >= 11 is 5.92.